The maximum Gasteiger partial charge on any atom is -0.00773 e. The highest BCUT2D eigenvalue weighted by molar-refractivity contribution is 4.97. The van der Waals surface area contributed by atoms with Gasteiger partial charge in [-0.3, -0.25) is 0 Å². The third-order valence-corrected chi connectivity index (χ3v) is 2.24. The summed E-state index contributed by atoms with van der Waals surface area (Å²) >= 11 is 0. The van der Waals surface area contributed by atoms with Crippen molar-refractivity contribution in [2.45, 2.75) is 39.5 Å². The van der Waals surface area contributed by atoms with E-state index in [1.807, 2.05) is 0 Å². The Bertz CT molecular complexity index is 107. The molecule has 11 heavy (non-hydrogen) atoms. The topological polar surface area (TPSA) is 26.0 Å². The molecule has 1 heteroatoms. The number of hydrogen-bond acceptors (Lipinski definition) is 1. The number of nitrogens with two attached hydrogens (primary N) is 1. The Kier molecular flexibility index (Phi) is 6.24. The molecule has 1 atom stereocenters. The Hall–Kier alpha value is -0.300. The fraction of sp³-hybridized carbons (Fsp3) is 0.800. The van der Waals surface area contributed by atoms with Gasteiger partial charge in [0.1, 0.15) is 0 Å². The Balaban J connectivity index is 3.36. The summed E-state index contributed by atoms with van der Waals surface area (Å²) in [6.07, 6.45) is 4.77. The largest absolute Gasteiger partial charge is 0.330 e. The van der Waals surface area contributed by atoms with Gasteiger partial charge in [0.25, 0.3) is 0 Å². The number of rotatable bonds is 6. The molecule has 0 saturated heterocycles. The van der Waals surface area contributed by atoms with E-state index in [0.29, 0.717) is 5.92 Å². The van der Waals surface area contributed by atoms with Gasteiger partial charge in [-0.25, -0.2) is 0 Å². The maximum atomic E-state index is 5.40. The molecule has 0 aliphatic rings. The molecular weight excluding hydrogens is 134 g/mol. The van der Waals surface area contributed by atoms with Gasteiger partial charge >= 0.3 is 0 Å². The summed E-state index contributed by atoms with van der Waals surface area (Å²) in [5.41, 5.74) is 6.78. The molecule has 2 N–H and O–H groups in total. The van der Waals surface area contributed by atoms with Gasteiger partial charge in [0.2, 0.25) is 0 Å². The SMILES string of the molecule is C=C(CC)C(C)CCCCN. The van der Waals surface area contributed by atoms with Gasteiger partial charge in [-0.15, -0.1) is 0 Å². The fourth-order valence-electron chi connectivity index (χ4n) is 1.15. The minimum absolute atomic E-state index is 0.687. The normalized spacial score (nSPS) is 13.0. The third kappa shape index (κ3) is 5.02. The molecule has 0 bridgehead atoms. The molecule has 0 rings (SSSR count). The average molecular weight is 155 g/mol. The smallest absolute Gasteiger partial charge is 0.00773 e. The minimum Gasteiger partial charge on any atom is -0.330 e. The van der Waals surface area contributed by atoms with E-state index < -0.39 is 0 Å². The van der Waals surface area contributed by atoms with Crippen LogP contribution in [0, 0.1) is 5.92 Å². The highest BCUT2D eigenvalue weighted by Gasteiger charge is 2.03. The van der Waals surface area contributed by atoms with E-state index in [9.17, 15) is 0 Å². The first-order chi connectivity index (χ1) is 5.22. The zero-order chi connectivity index (χ0) is 8.69. The third-order valence-electron chi connectivity index (χ3n) is 2.24. The first kappa shape index (κ1) is 10.7. The lowest BCUT2D eigenvalue weighted by atomic mass is 9.95. The lowest BCUT2D eigenvalue weighted by molar-refractivity contribution is 0.552. The van der Waals surface area contributed by atoms with Crippen LogP contribution in [0.15, 0.2) is 12.2 Å². The first-order valence-electron chi connectivity index (χ1n) is 4.60. The van der Waals surface area contributed by atoms with Crippen molar-refractivity contribution >= 4 is 0 Å². The molecule has 0 radical (unpaired) electrons. The fourth-order valence-corrected chi connectivity index (χ4v) is 1.15. The standard InChI is InChI=1S/C10H21N/c1-4-9(2)10(3)7-5-6-8-11/h10H,2,4-8,11H2,1,3H3. The summed E-state index contributed by atoms with van der Waals surface area (Å²) in [7, 11) is 0. The second-order valence-electron chi connectivity index (χ2n) is 3.20. The van der Waals surface area contributed by atoms with E-state index >= 15 is 0 Å². The highest BCUT2D eigenvalue weighted by Crippen LogP contribution is 2.17. The molecule has 0 aliphatic carbocycles. The number of allylic oxidation sites excluding steroid dienone is 1. The van der Waals surface area contributed by atoms with Crippen LogP contribution in [0.4, 0.5) is 0 Å². The lowest BCUT2D eigenvalue weighted by Crippen LogP contribution is -2.01. The van der Waals surface area contributed by atoms with Crippen molar-refractivity contribution in [2.24, 2.45) is 11.7 Å². The van der Waals surface area contributed by atoms with Crippen LogP contribution in [0.5, 0.6) is 0 Å². The van der Waals surface area contributed by atoms with Crippen molar-refractivity contribution in [1.82, 2.24) is 0 Å². The number of hydrogen-bond donors (Lipinski definition) is 1. The van der Waals surface area contributed by atoms with Crippen LogP contribution in [-0.2, 0) is 0 Å². The average Bonchev–Trinajstić information content (AvgIpc) is 2.03. The highest BCUT2D eigenvalue weighted by atomic mass is 14.5. The summed E-state index contributed by atoms with van der Waals surface area (Å²) in [5.74, 6) is 0.687. The van der Waals surface area contributed by atoms with Crippen molar-refractivity contribution in [3.63, 3.8) is 0 Å². The van der Waals surface area contributed by atoms with Crippen molar-refractivity contribution in [2.75, 3.05) is 6.54 Å². The van der Waals surface area contributed by atoms with Gasteiger partial charge in [0.05, 0.1) is 0 Å². The summed E-state index contributed by atoms with van der Waals surface area (Å²) in [4.78, 5) is 0. The molecular formula is C10H21N. The van der Waals surface area contributed by atoms with Crippen LogP contribution in [-0.4, -0.2) is 6.54 Å². The quantitative estimate of drug-likeness (QED) is 0.463. The summed E-state index contributed by atoms with van der Waals surface area (Å²) < 4.78 is 0. The molecule has 0 aliphatic heterocycles. The van der Waals surface area contributed by atoms with E-state index in [2.05, 4.69) is 20.4 Å². The van der Waals surface area contributed by atoms with Gasteiger partial charge in [-0.05, 0) is 31.7 Å². The summed E-state index contributed by atoms with van der Waals surface area (Å²) in [6, 6.07) is 0. The Morgan fingerprint density at radius 2 is 2.09 bits per heavy atom. The van der Waals surface area contributed by atoms with Gasteiger partial charge in [-0.2, -0.15) is 0 Å². The summed E-state index contributed by atoms with van der Waals surface area (Å²) in [6.45, 7) is 9.27. The van der Waals surface area contributed by atoms with Crippen molar-refractivity contribution in [3.8, 4) is 0 Å². The van der Waals surface area contributed by atoms with Crippen LogP contribution in [0.2, 0.25) is 0 Å². The molecule has 0 amide bonds. The van der Waals surface area contributed by atoms with E-state index in [-0.39, 0.29) is 0 Å². The molecule has 1 unspecified atom stereocenters. The lowest BCUT2D eigenvalue weighted by Gasteiger charge is -2.11. The van der Waals surface area contributed by atoms with Crippen LogP contribution in [0.1, 0.15) is 39.5 Å². The van der Waals surface area contributed by atoms with Crippen molar-refractivity contribution in [1.29, 1.82) is 0 Å². The Labute approximate surface area is 70.7 Å². The molecule has 0 aromatic heterocycles. The molecule has 66 valence electrons. The second-order valence-corrected chi connectivity index (χ2v) is 3.20. The van der Waals surface area contributed by atoms with Crippen molar-refractivity contribution in [3.05, 3.63) is 12.2 Å². The van der Waals surface area contributed by atoms with E-state index in [4.69, 9.17) is 5.73 Å². The predicted molar refractivity (Wildman–Crippen MR) is 51.5 cm³/mol. The molecule has 0 saturated carbocycles. The van der Waals surface area contributed by atoms with Crippen LogP contribution in [0.25, 0.3) is 0 Å². The van der Waals surface area contributed by atoms with Crippen LogP contribution >= 0.6 is 0 Å². The van der Waals surface area contributed by atoms with Crippen LogP contribution < -0.4 is 5.73 Å². The summed E-state index contributed by atoms with van der Waals surface area (Å²) in [5, 5.41) is 0. The van der Waals surface area contributed by atoms with Gasteiger partial charge < -0.3 is 5.73 Å². The van der Waals surface area contributed by atoms with Gasteiger partial charge in [-0.1, -0.05) is 32.4 Å². The zero-order valence-electron chi connectivity index (χ0n) is 7.90. The Morgan fingerprint density at radius 1 is 1.45 bits per heavy atom. The second kappa shape index (κ2) is 6.41. The monoisotopic (exact) mass is 155 g/mol. The van der Waals surface area contributed by atoms with E-state index in [1.165, 1.54) is 18.4 Å². The predicted octanol–water partition coefficient (Wildman–Crippen LogP) is 2.72. The van der Waals surface area contributed by atoms with Crippen molar-refractivity contribution < 1.29 is 0 Å². The molecule has 0 aromatic carbocycles. The zero-order valence-corrected chi connectivity index (χ0v) is 7.90. The van der Waals surface area contributed by atoms with Crippen LogP contribution in [0.3, 0.4) is 0 Å². The molecule has 0 aromatic rings. The van der Waals surface area contributed by atoms with E-state index in [1.54, 1.807) is 0 Å². The number of unbranched alkanes of at least 4 members (excludes halogenated alkanes) is 1. The Morgan fingerprint density at radius 3 is 2.55 bits per heavy atom. The first-order valence-corrected chi connectivity index (χ1v) is 4.60. The molecule has 0 heterocycles. The molecule has 0 spiro atoms. The van der Waals surface area contributed by atoms with E-state index in [0.717, 1.165) is 19.4 Å². The maximum absolute atomic E-state index is 5.40. The van der Waals surface area contributed by atoms with Gasteiger partial charge in [0.15, 0.2) is 0 Å². The molecule has 0 fully saturated rings. The minimum atomic E-state index is 0.687. The van der Waals surface area contributed by atoms with Gasteiger partial charge in [0, 0.05) is 0 Å². The molecule has 1 nitrogen and oxygen atoms in total.